The topological polar surface area (TPSA) is 73.0 Å². The molecule has 0 bridgehead atoms. The number of anilines is 1. The van der Waals surface area contributed by atoms with Crippen LogP contribution in [0.5, 0.6) is 0 Å². The van der Waals surface area contributed by atoms with Crippen LogP contribution in [0.2, 0.25) is 5.02 Å². The quantitative estimate of drug-likeness (QED) is 0.688. The Labute approximate surface area is 177 Å². The second kappa shape index (κ2) is 9.03. The molecular weight excluding hydrogens is 392 g/mol. The van der Waals surface area contributed by atoms with Gasteiger partial charge in [0.2, 0.25) is 5.91 Å². The van der Waals surface area contributed by atoms with E-state index in [4.69, 9.17) is 11.6 Å². The summed E-state index contributed by atoms with van der Waals surface area (Å²) in [5.74, 6) is -0.467. The van der Waals surface area contributed by atoms with Crippen LogP contribution in [0.15, 0.2) is 24.3 Å². The Morgan fingerprint density at radius 2 is 1.69 bits per heavy atom. The molecule has 0 saturated carbocycles. The lowest BCUT2D eigenvalue weighted by Crippen LogP contribution is -2.52. The average Bonchev–Trinajstić information content (AvgIpc) is 2.93. The number of hydrogen-bond donors (Lipinski definition) is 1. The van der Waals surface area contributed by atoms with Crippen LogP contribution in [0.25, 0.3) is 0 Å². The highest BCUT2D eigenvalue weighted by Crippen LogP contribution is 2.29. The van der Waals surface area contributed by atoms with Gasteiger partial charge < -0.3 is 15.1 Å². The van der Waals surface area contributed by atoms with Gasteiger partial charge in [0.25, 0.3) is 5.91 Å². The summed E-state index contributed by atoms with van der Waals surface area (Å²) >= 11 is 6.27. The first kappa shape index (κ1) is 21.4. The second-order valence-electron chi connectivity index (χ2n) is 7.72. The monoisotopic (exact) mass is 420 g/mol. The van der Waals surface area contributed by atoms with Crippen molar-refractivity contribution in [2.45, 2.75) is 45.1 Å². The largest absolute Gasteiger partial charge is 0.367 e. The molecule has 2 fully saturated rings. The molecule has 0 unspecified atom stereocenters. The SMILES string of the molecule is CCCC1(CCC)NC(=O)N(CC(=O)N2CCN(c3ccccc3Cl)CC2)C1=O. The maximum absolute atomic E-state index is 13.0. The fourth-order valence-corrected chi connectivity index (χ4v) is 4.53. The van der Waals surface area contributed by atoms with E-state index in [1.165, 1.54) is 0 Å². The number of nitrogens with one attached hydrogen (secondary N) is 1. The highest BCUT2D eigenvalue weighted by molar-refractivity contribution is 6.33. The van der Waals surface area contributed by atoms with Crippen LogP contribution in [-0.2, 0) is 9.59 Å². The Balaban J connectivity index is 1.60. The van der Waals surface area contributed by atoms with E-state index in [0.29, 0.717) is 44.0 Å². The number of piperazine rings is 1. The van der Waals surface area contributed by atoms with Gasteiger partial charge in [0.1, 0.15) is 12.1 Å². The molecule has 1 aromatic rings. The summed E-state index contributed by atoms with van der Waals surface area (Å²) < 4.78 is 0. The molecule has 3 rings (SSSR count). The van der Waals surface area contributed by atoms with Crippen molar-refractivity contribution in [1.82, 2.24) is 15.1 Å². The normalized spacial score (nSPS) is 18.9. The molecular formula is C21H29ClN4O3. The maximum Gasteiger partial charge on any atom is 0.325 e. The number of para-hydroxylation sites is 1. The predicted octanol–water partition coefficient (Wildman–Crippen LogP) is 2.88. The van der Waals surface area contributed by atoms with E-state index in [2.05, 4.69) is 10.2 Å². The number of rotatable bonds is 7. The van der Waals surface area contributed by atoms with Crippen LogP contribution < -0.4 is 10.2 Å². The molecule has 0 aromatic heterocycles. The molecule has 1 N–H and O–H groups in total. The third kappa shape index (κ3) is 4.34. The summed E-state index contributed by atoms with van der Waals surface area (Å²) in [7, 11) is 0. The number of amides is 4. The van der Waals surface area contributed by atoms with Crippen molar-refractivity contribution in [1.29, 1.82) is 0 Å². The third-order valence-corrected chi connectivity index (χ3v) is 6.04. The Hall–Kier alpha value is -2.28. The van der Waals surface area contributed by atoms with Crippen molar-refractivity contribution < 1.29 is 14.4 Å². The highest BCUT2D eigenvalue weighted by Gasteiger charge is 2.50. The number of urea groups is 1. The van der Waals surface area contributed by atoms with Gasteiger partial charge in [0.15, 0.2) is 0 Å². The Bertz CT molecular complexity index is 771. The highest BCUT2D eigenvalue weighted by atomic mass is 35.5. The lowest BCUT2D eigenvalue weighted by Gasteiger charge is -2.37. The summed E-state index contributed by atoms with van der Waals surface area (Å²) in [6.07, 6.45) is 2.76. The number of hydrogen-bond acceptors (Lipinski definition) is 4. The van der Waals surface area contributed by atoms with Crippen molar-refractivity contribution in [3.63, 3.8) is 0 Å². The number of carbonyl (C=O) groups is 3. The van der Waals surface area contributed by atoms with E-state index in [-0.39, 0.29) is 18.4 Å². The van der Waals surface area contributed by atoms with Gasteiger partial charge in [-0.05, 0) is 25.0 Å². The van der Waals surface area contributed by atoms with Gasteiger partial charge in [0.05, 0.1) is 10.7 Å². The van der Waals surface area contributed by atoms with Crippen LogP contribution in [0.4, 0.5) is 10.5 Å². The number of carbonyl (C=O) groups excluding carboxylic acids is 3. The predicted molar refractivity (Wildman–Crippen MR) is 113 cm³/mol. The van der Waals surface area contributed by atoms with Gasteiger partial charge in [-0.1, -0.05) is 50.4 Å². The lowest BCUT2D eigenvalue weighted by molar-refractivity contribution is -0.139. The van der Waals surface area contributed by atoms with Crippen molar-refractivity contribution >= 4 is 35.1 Å². The fourth-order valence-electron chi connectivity index (χ4n) is 4.28. The zero-order valence-electron chi connectivity index (χ0n) is 17.1. The molecule has 29 heavy (non-hydrogen) atoms. The van der Waals surface area contributed by atoms with Crippen molar-refractivity contribution in [3.05, 3.63) is 29.3 Å². The van der Waals surface area contributed by atoms with E-state index in [1.807, 2.05) is 38.1 Å². The van der Waals surface area contributed by atoms with Crippen LogP contribution >= 0.6 is 11.6 Å². The van der Waals surface area contributed by atoms with Gasteiger partial charge >= 0.3 is 6.03 Å². The summed E-state index contributed by atoms with van der Waals surface area (Å²) in [5.41, 5.74) is 0.100. The molecule has 2 aliphatic heterocycles. The molecule has 7 nitrogen and oxygen atoms in total. The second-order valence-corrected chi connectivity index (χ2v) is 8.13. The molecule has 2 heterocycles. The number of halogens is 1. The van der Waals surface area contributed by atoms with Crippen molar-refractivity contribution in [2.24, 2.45) is 0 Å². The summed E-state index contributed by atoms with van der Waals surface area (Å²) in [6, 6.07) is 7.19. The Kier molecular flexibility index (Phi) is 6.67. The molecule has 8 heteroatoms. The molecule has 2 aliphatic rings. The minimum atomic E-state index is -0.858. The molecule has 4 amide bonds. The third-order valence-electron chi connectivity index (χ3n) is 5.72. The van der Waals surface area contributed by atoms with Gasteiger partial charge in [-0.3, -0.25) is 14.5 Å². The van der Waals surface area contributed by atoms with E-state index in [0.717, 1.165) is 23.4 Å². The molecule has 0 spiro atoms. The minimum Gasteiger partial charge on any atom is -0.367 e. The summed E-state index contributed by atoms with van der Waals surface area (Å²) in [6.45, 7) is 6.15. The van der Waals surface area contributed by atoms with E-state index >= 15 is 0 Å². The molecule has 1 aromatic carbocycles. The first-order valence-corrected chi connectivity index (χ1v) is 10.7. The number of benzene rings is 1. The standard InChI is InChI=1S/C21H29ClN4O3/c1-3-9-21(10-4-2)19(28)26(20(29)23-21)15-18(27)25-13-11-24(12-14-25)17-8-6-5-7-16(17)22/h5-8H,3-4,9-15H2,1-2H3,(H,23,29). The van der Waals surface area contributed by atoms with Crippen LogP contribution in [0, 0.1) is 0 Å². The Morgan fingerprint density at radius 1 is 1.07 bits per heavy atom. The molecule has 0 aliphatic carbocycles. The first-order valence-electron chi connectivity index (χ1n) is 10.3. The Morgan fingerprint density at radius 3 is 2.28 bits per heavy atom. The maximum atomic E-state index is 13.0. The molecule has 0 atom stereocenters. The van der Waals surface area contributed by atoms with Gasteiger partial charge in [-0.15, -0.1) is 0 Å². The van der Waals surface area contributed by atoms with Gasteiger partial charge in [0, 0.05) is 26.2 Å². The van der Waals surface area contributed by atoms with Crippen LogP contribution in [0.3, 0.4) is 0 Å². The van der Waals surface area contributed by atoms with Gasteiger partial charge in [-0.2, -0.15) is 0 Å². The van der Waals surface area contributed by atoms with E-state index < -0.39 is 11.6 Å². The van der Waals surface area contributed by atoms with Crippen LogP contribution in [0.1, 0.15) is 39.5 Å². The van der Waals surface area contributed by atoms with E-state index in [1.54, 1.807) is 4.90 Å². The zero-order chi connectivity index (χ0) is 21.0. The molecule has 2 saturated heterocycles. The lowest BCUT2D eigenvalue weighted by atomic mass is 9.88. The van der Waals surface area contributed by atoms with E-state index in [9.17, 15) is 14.4 Å². The van der Waals surface area contributed by atoms with Crippen LogP contribution in [-0.4, -0.2) is 65.9 Å². The minimum absolute atomic E-state index is 0.198. The smallest absolute Gasteiger partial charge is 0.325 e. The molecule has 0 radical (unpaired) electrons. The first-order chi connectivity index (χ1) is 13.9. The van der Waals surface area contributed by atoms with Crippen molar-refractivity contribution in [2.75, 3.05) is 37.6 Å². The number of nitrogens with zero attached hydrogens (tertiary/aromatic N) is 3. The summed E-state index contributed by atoms with van der Waals surface area (Å²) in [5, 5.41) is 3.55. The number of imide groups is 1. The fraction of sp³-hybridized carbons (Fsp3) is 0.571. The zero-order valence-corrected chi connectivity index (χ0v) is 17.9. The summed E-state index contributed by atoms with van der Waals surface area (Å²) in [4.78, 5) is 43.1. The molecule has 158 valence electrons. The van der Waals surface area contributed by atoms with Crippen molar-refractivity contribution in [3.8, 4) is 0 Å². The average molecular weight is 421 g/mol. The van der Waals surface area contributed by atoms with Gasteiger partial charge in [-0.25, -0.2) is 4.79 Å².